The molecular weight excluding hydrogens is 354 g/mol. The minimum Gasteiger partial charge on any atom is -0.494 e. The molecule has 0 bridgehead atoms. The summed E-state index contributed by atoms with van der Waals surface area (Å²) < 4.78 is 13.1. The van der Waals surface area contributed by atoms with Gasteiger partial charge in [0.15, 0.2) is 5.65 Å². The van der Waals surface area contributed by atoms with Gasteiger partial charge in [0, 0.05) is 24.8 Å². The Kier molecular flexibility index (Phi) is 5.40. The van der Waals surface area contributed by atoms with Gasteiger partial charge in [-0.25, -0.2) is 4.98 Å². The number of benzene rings is 1. The summed E-state index contributed by atoms with van der Waals surface area (Å²) in [6.45, 7) is 5.75. The molecule has 1 saturated heterocycles. The molecule has 0 N–H and O–H groups in total. The van der Waals surface area contributed by atoms with E-state index in [0.29, 0.717) is 24.4 Å². The van der Waals surface area contributed by atoms with Crippen LogP contribution in [0.15, 0.2) is 36.7 Å². The normalized spacial score (nSPS) is 14.2. The van der Waals surface area contributed by atoms with Crippen molar-refractivity contribution in [2.45, 2.75) is 19.8 Å². The Hall–Kier alpha value is -3.11. The second-order valence-electron chi connectivity index (χ2n) is 6.73. The van der Waals surface area contributed by atoms with Crippen LogP contribution in [0.4, 0.5) is 5.82 Å². The van der Waals surface area contributed by atoms with Crippen molar-refractivity contribution in [3.8, 4) is 22.9 Å². The van der Waals surface area contributed by atoms with Gasteiger partial charge in [-0.1, -0.05) is 25.5 Å². The third kappa shape index (κ3) is 3.51. The standard InChI is InChI=1S/C21H23N5O2/c1-2-3-10-28-18-6-4-16(5-7-18)19-15-23-20-17(13-22)14-24-26(20)21(19)25-8-11-27-12-9-25/h4-7,14-15H,2-3,8-12H2,1H3. The van der Waals surface area contributed by atoms with E-state index in [1.807, 2.05) is 30.5 Å². The number of hydrogen-bond acceptors (Lipinski definition) is 6. The van der Waals surface area contributed by atoms with E-state index in [4.69, 9.17) is 9.47 Å². The Bertz CT molecular complexity index is 984. The molecule has 0 aliphatic carbocycles. The van der Waals surface area contributed by atoms with E-state index in [1.165, 1.54) is 0 Å². The van der Waals surface area contributed by atoms with E-state index in [9.17, 15) is 5.26 Å². The van der Waals surface area contributed by atoms with E-state index in [0.717, 1.165) is 55.2 Å². The molecule has 7 nitrogen and oxygen atoms in total. The highest BCUT2D eigenvalue weighted by Gasteiger charge is 2.21. The van der Waals surface area contributed by atoms with Crippen molar-refractivity contribution >= 4 is 11.5 Å². The predicted molar refractivity (Wildman–Crippen MR) is 107 cm³/mol. The molecule has 1 aromatic carbocycles. The summed E-state index contributed by atoms with van der Waals surface area (Å²) in [6, 6.07) is 10.2. The number of fused-ring (bicyclic) bond motifs is 1. The number of nitrogens with zero attached hydrogens (tertiary/aromatic N) is 5. The fourth-order valence-corrected chi connectivity index (χ4v) is 3.35. The third-order valence-electron chi connectivity index (χ3n) is 4.86. The first-order chi connectivity index (χ1) is 13.8. The lowest BCUT2D eigenvalue weighted by atomic mass is 10.1. The molecule has 0 unspecified atom stereocenters. The van der Waals surface area contributed by atoms with E-state index >= 15 is 0 Å². The van der Waals surface area contributed by atoms with Crippen LogP contribution in [0.5, 0.6) is 5.75 Å². The maximum Gasteiger partial charge on any atom is 0.175 e. The molecular formula is C21H23N5O2. The van der Waals surface area contributed by atoms with Crippen LogP contribution in [0.2, 0.25) is 0 Å². The molecule has 144 valence electrons. The lowest BCUT2D eigenvalue weighted by Crippen LogP contribution is -2.37. The number of anilines is 1. The molecule has 0 spiro atoms. The molecule has 1 fully saturated rings. The van der Waals surface area contributed by atoms with Crippen LogP contribution in [0.1, 0.15) is 25.3 Å². The molecule has 4 rings (SSSR count). The number of morpholine rings is 1. The average molecular weight is 377 g/mol. The van der Waals surface area contributed by atoms with Crippen LogP contribution in [0.25, 0.3) is 16.8 Å². The first kappa shape index (κ1) is 18.3. The van der Waals surface area contributed by atoms with Crippen molar-refractivity contribution in [1.82, 2.24) is 14.6 Å². The van der Waals surface area contributed by atoms with E-state index in [2.05, 4.69) is 28.0 Å². The van der Waals surface area contributed by atoms with Gasteiger partial charge in [0.1, 0.15) is 23.2 Å². The summed E-state index contributed by atoms with van der Waals surface area (Å²) >= 11 is 0. The summed E-state index contributed by atoms with van der Waals surface area (Å²) in [5, 5.41) is 13.8. The molecule has 0 amide bonds. The van der Waals surface area contributed by atoms with Gasteiger partial charge in [0.2, 0.25) is 0 Å². The fourth-order valence-electron chi connectivity index (χ4n) is 3.35. The van der Waals surface area contributed by atoms with Crippen molar-refractivity contribution in [3.63, 3.8) is 0 Å². The topological polar surface area (TPSA) is 75.7 Å². The van der Waals surface area contributed by atoms with Gasteiger partial charge in [-0.05, 0) is 24.1 Å². The summed E-state index contributed by atoms with van der Waals surface area (Å²) in [5.74, 6) is 1.81. The van der Waals surface area contributed by atoms with Gasteiger partial charge < -0.3 is 14.4 Å². The molecule has 0 radical (unpaired) electrons. The second-order valence-corrected chi connectivity index (χ2v) is 6.73. The van der Waals surface area contributed by atoms with Crippen molar-refractivity contribution in [2.75, 3.05) is 37.8 Å². The number of nitriles is 1. The molecule has 1 aliphatic rings. The van der Waals surface area contributed by atoms with Crippen molar-refractivity contribution in [3.05, 3.63) is 42.2 Å². The SMILES string of the molecule is CCCCOc1ccc(-c2cnc3c(C#N)cnn3c2N2CCOCC2)cc1. The van der Waals surface area contributed by atoms with Crippen LogP contribution in [-0.4, -0.2) is 47.5 Å². The van der Waals surface area contributed by atoms with Gasteiger partial charge in [0.05, 0.1) is 26.0 Å². The van der Waals surface area contributed by atoms with Crippen molar-refractivity contribution in [1.29, 1.82) is 5.26 Å². The summed E-state index contributed by atoms with van der Waals surface area (Å²) in [4.78, 5) is 6.76. The van der Waals surface area contributed by atoms with Gasteiger partial charge in [-0.15, -0.1) is 0 Å². The zero-order valence-electron chi connectivity index (χ0n) is 16.0. The smallest absolute Gasteiger partial charge is 0.175 e. The Morgan fingerprint density at radius 2 is 1.96 bits per heavy atom. The summed E-state index contributed by atoms with van der Waals surface area (Å²) in [7, 11) is 0. The highest BCUT2D eigenvalue weighted by Crippen LogP contribution is 2.32. The van der Waals surface area contributed by atoms with E-state index in [1.54, 1.807) is 10.7 Å². The van der Waals surface area contributed by atoms with Crippen LogP contribution in [-0.2, 0) is 4.74 Å². The maximum atomic E-state index is 9.34. The van der Waals surface area contributed by atoms with Gasteiger partial charge in [-0.2, -0.15) is 14.9 Å². The number of aromatic nitrogens is 3. The molecule has 3 aromatic rings. The van der Waals surface area contributed by atoms with Gasteiger partial charge in [-0.3, -0.25) is 0 Å². The Labute approximate surface area is 164 Å². The highest BCUT2D eigenvalue weighted by molar-refractivity contribution is 5.78. The molecule has 2 aromatic heterocycles. The quantitative estimate of drug-likeness (QED) is 0.614. The molecule has 7 heteroatoms. The Morgan fingerprint density at radius 3 is 2.68 bits per heavy atom. The van der Waals surface area contributed by atoms with E-state index < -0.39 is 0 Å². The minimum absolute atomic E-state index is 0.473. The second kappa shape index (κ2) is 8.28. The number of hydrogen-bond donors (Lipinski definition) is 0. The number of unbranched alkanes of at least 4 members (excludes halogenated alkanes) is 1. The minimum atomic E-state index is 0.473. The van der Waals surface area contributed by atoms with Crippen LogP contribution >= 0.6 is 0 Å². The first-order valence-corrected chi connectivity index (χ1v) is 9.64. The Morgan fingerprint density at radius 1 is 1.18 bits per heavy atom. The largest absolute Gasteiger partial charge is 0.494 e. The zero-order chi connectivity index (χ0) is 19.3. The lowest BCUT2D eigenvalue weighted by molar-refractivity contribution is 0.122. The molecule has 0 saturated carbocycles. The monoisotopic (exact) mass is 377 g/mol. The Balaban J connectivity index is 1.74. The summed E-state index contributed by atoms with van der Waals surface area (Å²) in [5.41, 5.74) is 3.06. The van der Waals surface area contributed by atoms with Crippen LogP contribution in [0, 0.1) is 11.3 Å². The van der Waals surface area contributed by atoms with Crippen molar-refractivity contribution < 1.29 is 9.47 Å². The van der Waals surface area contributed by atoms with Crippen molar-refractivity contribution in [2.24, 2.45) is 0 Å². The fraction of sp³-hybridized carbons (Fsp3) is 0.381. The summed E-state index contributed by atoms with van der Waals surface area (Å²) in [6.07, 6.45) is 5.56. The molecule has 0 atom stereocenters. The maximum absolute atomic E-state index is 9.34. The number of rotatable bonds is 6. The first-order valence-electron chi connectivity index (χ1n) is 9.64. The zero-order valence-corrected chi connectivity index (χ0v) is 16.0. The van der Waals surface area contributed by atoms with Gasteiger partial charge >= 0.3 is 0 Å². The highest BCUT2D eigenvalue weighted by atomic mass is 16.5. The van der Waals surface area contributed by atoms with Gasteiger partial charge in [0.25, 0.3) is 0 Å². The lowest BCUT2D eigenvalue weighted by Gasteiger charge is -2.30. The van der Waals surface area contributed by atoms with Crippen LogP contribution in [0.3, 0.4) is 0 Å². The number of ether oxygens (including phenoxy) is 2. The molecule has 3 heterocycles. The molecule has 1 aliphatic heterocycles. The average Bonchev–Trinajstić information content (AvgIpc) is 3.17. The molecule has 28 heavy (non-hydrogen) atoms. The van der Waals surface area contributed by atoms with Crippen LogP contribution < -0.4 is 9.64 Å². The third-order valence-corrected chi connectivity index (χ3v) is 4.86. The van der Waals surface area contributed by atoms with E-state index in [-0.39, 0.29) is 0 Å². The predicted octanol–water partition coefficient (Wildman–Crippen LogP) is 3.28.